The highest BCUT2D eigenvalue weighted by Gasteiger charge is 2.17. The average Bonchev–Trinajstić information content (AvgIpc) is 3.44. The quantitative estimate of drug-likeness (QED) is 0.324. The molecule has 4 heterocycles. The summed E-state index contributed by atoms with van der Waals surface area (Å²) < 4.78 is 1.05. The minimum atomic E-state index is -0.0221. The smallest absolute Gasteiger partial charge is 0.162 e. The zero-order valence-corrected chi connectivity index (χ0v) is 19.3. The Morgan fingerprint density at radius 2 is 1.81 bits per heavy atom. The first-order valence-electron chi connectivity index (χ1n) is 10.5. The number of nitrogens with one attached hydrogen (secondary N) is 1. The third-order valence-electron chi connectivity index (χ3n) is 5.22. The van der Waals surface area contributed by atoms with Crippen LogP contribution in [0.5, 0.6) is 0 Å². The summed E-state index contributed by atoms with van der Waals surface area (Å²) in [5.74, 6) is 1.52. The van der Waals surface area contributed by atoms with Crippen molar-refractivity contribution in [1.29, 1.82) is 0 Å². The summed E-state index contributed by atoms with van der Waals surface area (Å²) in [7, 11) is 0. The number of hydrogen-bond donors (Lipinski definition) is 2. The van der Waals surface area contributed by atoms with Gasteiger partial charge in [0, 0.05) is 46.4 Å². The summed E-state index contributed by atoms with van der Waals surface area (Å²) in [6.07, 6.45) is 4.34. The second-order valence-electron chi connectivity index (χ2n) is 7.78. The number of nitrogens with zero attached hydrogens (tertiary/aromatic N) is 3. The number of anilines is 1. The lowest BCUT2D eigenvalue weighted by Crippen LogP contribution is -2.31. The van der Waals surface area contributed by atoms with Crippen LogP contribution >= 0.6 is 22.7 Å². The van der Waals surface area contributed by atoms with Gasteiger partial charge < -0.3 is 11.1 Å². The van der Waals surface area contributed by atoms with Gasteiger partial charge in [0.15, 0.2) is 5.82 Å². The topological polar surface area (TPSA) is 76.7 Å². The molecule has 0 fully saturated rings. The standard InChI is InChI=1S/C25H23N5S2/c1-16-11-21(31-14-16)20-15-32-23-22(20)29-24(18-7-9-27-10-8-18)30-25(23)28-13-19(26)12-17-5-3-2-4-6-17/h2-11,14-15,19H,12-13,26H2,1H3,(H,28,29,30). The molecule has 5 aromatic rings. The molecule has 32 heavy (non-hydrogen) atoms. The SMILES string of the molecule is Cc1csc(-c2csc3c(NCC(N)Cc4ccccc4)nc(-c4ccncc4)nc23)c1. The van der Waals surface area contributed by atoms with Gasteiger partial charge in [0.25, 0.3) is 0 Å². The summed E-state index contributed by atoms with van der Waals surface area (Å²) in [6.45, 7) is 2.75. The Morgan fingerprint density at radius 3 is 2.56 bits per heavy atom. The Kier molecular flexibility index (Phi) is 5.94. The molecule has 0 radical (unpaired) electrons. The maximum absolute atomic E-state index is 6.44. The van der Waals surface area contributed by atoms with E-state index in [0.717, 1.165) is 33.6 Å². The molecule has 0 amide bonds. The van der Waals surface area contributed by atoms with Crippen LogP contribution in [-0.4, -0.2) is 27.5 Å². The highest BCUT2D eigenvalue weighted by Crippen LogP contribution is 2.39. The molecular weight excluding hydrogens is 434 g/mol. The third-order valence-corrected chi connectivity index (χ3v) is 7.28. The van der Waals surface area contributed by atoms with E-state index >= 15 is 0 Å². The van der Waals surface area contributed by atoms with Crippen LogP contribution in [0.15, 0.2) is 71.7 Å². The third kappa shape index (κ3) is 4.41. The Bertz CT molecular complexity index is 1330. The fraction of sp³-hybridized carbons (Fsp3) is 0.160. The molecule has 0 saturated carbocycles. The summed E-state index contributed by atoms with van der Waals surface area (Å²) in [4.78, 5) is 15.2. The molecular formula is C25H23N5S2. The molecule has 1 unspecified atom stereocenters. The number of fused-ring (bicyclic) bond motifs is 1. The van der Waals surface area contributed by atoms with Crippen LogP contribution in [0.1, 0.15) is 11.1 Å². The van der Waals surface area contributed by atoms with Gasteiger partial charge in [-0.05, 0) is 48.1 Å². The van der Waals surface area contributed by atoms with Crippen molar-refractivity contribution in [2.45, 2.75) is 19.4 Å². The molecule has 160 valence electrons. The maximum atomic E-state index is 6.44. The fourth-order valence-corrected chi connectivity index (χ4v) is 5.60. The van der Waals surface area contributed by atoms with E-state index in [-0.39, 0.29) is 6.04 Å². The number of aromatic nitrogens is 3. The summed E-state index contributed by atoms with van der Waals surface area (Å²) in [5.41, 5.74) is 12.0. The molecule has 0 saturated heterocycles. The fourth-order valence-electron chi connectivity index (χ4n) is 3.63. The molecule has 0 aliphatic carbocycles. The number of hydrogen-bond acceptors (Lipinski definition) is 7. The first-order valence-corrected chi connectivity index (χ1v) is 12.2. The second-order valence-corrected chi connectivity index (χ2v) is 9.57. The van der Waals surface area contributed by atoms with Crippen LogP contribution in [0.25, 0.3) is 32.0 Å². The van der Waals surface area contributed by atoms with Gasteiger partial charge in [-0.2, -0.15) is 0 Å². The maximum Gasteiger partial charge on any atom is 0.162 e. The van der Waals surface area contributed by atoms with Gasteiger partial charge in [-0.1, -0.05) is 30.3 Å². The highest BCUT2D eigenvalue weighted by molar-refractivity contribution is 7.19. The van der Waals surface area contributed by atoms with E-state index in [4.69, 9.17) is 15.7 Å². The van der Waals surface area contributed by atoms with Gasteiger partial charge >= 0.3 is 0 Å². The van der Waals surface area contributed by atoms with Gasteiger partial charge in [-0.25, -0.2) is 9.97 Å². The van der Waals surface area contributed by atoms with Gasteiger partial charge in [-0.3, -0.25) is 4.98 Å². The van der Waals surface area contributed by atoms with E-state index in [2.05, 4.69) is 46.2 Å². The van der Waals surface area contributed by atoms with Crippen LogP contribution < -0.4 is 11.1 Å². The predicted octanol–water partition coefficient (Wildman–Crippen LogP) is 5.77. The lowest BCUT2D eigenvalue weighted by molar-refractivity contribution is 0.698. The Balaban J connectivity index is 1.50. The van der Waals surface area contributed by atoms with Crippen molar-refractivity contribution >= 4 is 38.7 Å². The van der Waals surface area contributed by atoms with Gasteiger partial charge in [0.05, 0.1) is 10.2 Å². The Hall–Kier alpha value is -3.13. The normalized spacial score (nSPS) is 12.2. The minimum Gasteiger partial charge on any atom is -0.367 e. The van der Waals surface area contributed by atoms with Crippen molar-refractivity contribution < 1.29 is 0 Å². The van der Waals surface area contributed by atoms with Crippen LogP contribution in [0.3, 0.4) is 0 Å². The van der Waals surface area contributed by atoms with Crippen LogP contribution in [-0.2, 0) is 6.42 Å². The van der Waals surface area contributed by atoms with Crippen LogP contribution in [0.4, 0.5) is 5.82 Å². The first kappa shape index (κ1) is 20.8. The number of rotatable bonds is 7. The van der Waals surface area contributed by atoms with Gasteiger partial charge in [0.2, 0.25) is 0 Å². The van der Waals surface area contributed by atoms with E-state index in [1.807, 2.05) is 30.3 Å². The summed E-state index contributed by atoms with van der Waals surface area (Å²) >= 11 is 3.42. The van der Waals surface area contributed by atoms with Gasteiger partial charge in [0.1, 0.15) is 5.82 Å². The van der Waals surface area contributed by atoms with Crippen molar-refractivity contribution in [3.63, 3.8) is 0 Å². The molecule has 0 aliphatic rings. The molecule has 4 aromatic heterocycles. The van der Waals surface area contributed by atoms with E-state index < -0.39 is 0 Å². The monoisotopic (exact) mass is 457 g/mol. The molecule has 7 heteroatoms. The summed E-state index contributed by atoms with van der Waals surface area (Å²) in [6, 6.07) is 16.4. The summed E-state index contributed by atoms with van der Waals surface area (Å²) in [5, 5.41) is 7.86. The second kappa shape index (κ2) is 9.16. The van der Waals surface area contributed by atoms with Gasteiger partial charge in [-0.15, -0.1) is 22.7 Å². The number of thiophene rings is 2. The molecule has 3 N–H and O–H groups in total. The van der Waals surface area contributed by atoms with Crippen molar-refractivity contribution in [3.05, 3.63) is 82.8 Å². The number of benzene rings is 1. The largest absolute Gasteiger partial charge is 0.367 e. The van der Waals surface area contributed by atoms with Crippen molar-refractivity contribution in [2.75, 3.05) is 11.9 Å². The van der Waals surface area contributed by atoms with Crippen molar-refractivity contribution in [3.8, 4) is 21.8 Å². The molecule has 0 spiro atoms. The van der Waals surface area contributed by atoms with E-state index in [9.17, 15) is 0 Å². The zero-order chi connectivity index (χ0) is 21.9. The van der Waals surface area contributed by atoms with E-state index in [0.29, 0.717) is 12.4 Å². The first-order chi connectivity index (χ1) is 15.7. The van der Waals surface area contributed by atoms with E-state index in [1.165, 1.54) is 16.0 Å². The van der Waals surface area contributed by atoms with Crippen molar-refractivity contribution in [2.24, 2.45) is 5.73 Å². The number of aryl methyl sites for hydroxylation is 1. The predicted molar refractivity (Wildman–Crippen MR) is 135 cm³/mol. The molecule has 1 atom stereocenters. The Labute approximate surface area is 195 Å². The number of nitrogens with two attached hydrogens (primary N) is 1. The van der Waals surface area contributed by atoms with Crippen molar-refractivity contribution in [1.82, 2.24) is 15.0 Å². The molecule has 1 aromatic carbocycles. The van der Waals surface area contributed by atoms with Crippen LogP contribution in [0.2, 0.25) is 0 Å². The zero-order valence-electron chi connectivity index (χ0n) is 17.7. The molecule has 0 bridgehead atoms. The minimum absolute atomic E-state index is 0.0221. The molecule has 0 aliphatic heterocycles. The number of pyridine rings is 1. The van der Waals surface area contributed by atoms with E-state index in [1.54, 1.807) is 35.1 Å². The lowest BCUT2D eigenvalue weighted by atomic mass is 10.1. The van der Waals surface area contributed by atoms with Crippen LogP contribution in [0, 0.1) is 6.92 Å². The average molecular weight is 458 g/mol. The lowest BCUT2D eigenvalue weighted by Gasteiger charge is -2.14. The Morgan fingerprint density at radius 1 is 1.00 bits per heavy atom. The molecule has 5 nitrogen and oxygen atoms in total. The molecule has 5 rings (SSSR count). The highest BCUT2D eigenvalue weighted by atomic mass is 32.1.